The van der Waals surface area contributed by atoms with Crippen LogP contribution in [0.15, 0.2) is 23.4 Å². The van der Waals surface area contributed by atoms with E-state index in [0.29, 0.717) is 18.7 Å². The summed E-state index contributed by atoms with van der Waals surface area (Å²) in [6.07, 6.45) is 0. The molecule has 19 heavy (non-hydrogen) atoms. The number of nitrogens with zero attached hydrogens (tertiary/aromatic N) is 2. The lowest BCUT2D eigenvalue weighted by atomic mass is 10.1. The summed E-state index contributed by atoms with van der Waals surface area (Å²) < 4.78 is 22.9. The van der Waals surface area contributed by atoms with Gasteiger partial charge in [-0.15, -0.1) is 0 Å². The Morgan fingerprint density at radius 2 is 2.00 bits per heavy atom. The van der Waals surface area contributed by atoms with Gasteiger partial charge in [0.25, 0.3) is 0 Å². The van der Waals surface area contributed by atoms with Crippen molar-refractivity contribution in [2.45, 2.75) is 6.92 Å². The van der Waals surface area contributed by atoms with Crippen molar-refractivity contribution >= 4 is 21.4 Å². The Hall–Kier alpha value is -1.76. The van der Waals surface area contributed by atoms with Crippen LogP contribution in [0.5, 0.6) is 0 Å². The van der Waals surface area contributed by atoms with Crippen LogP contribution < -0.4 is 10.6 Å². The maximum atomic E-state index is 11.5. The standard InChI is InChI=1S/C12H17N3O3S/c1-9-2-3-10(12(13)14-16)11(8-9)15-4-6-19(17,18)7-5-15/h2-3,8,16H,4-7H2,1H3,(H2,13,14). The Morgan fingerprint density at radius 3 is 2.58 bits per heavy atom. The van der Waals surface area contributed by atoms with Gasteiger partial charge in [-0.3, -0.25) is 0 Å². The second-order valence-corrected chi connectivity index (χ2v) is 6.95. The summed E-state index contributed by atoms with van der Waals surface area (Å²) in [5.74, 6) is 0.302. The molecular formula is C12H17N3O3S. The van der Waals surface area contributed by atoms with E-state index < -0.39 is 9.84 Å². The van der Waals surface area contributed by atoms with Crippen molar-refractivity contribution in [1.29, 1.82) is 0 Å². The van der Waals surface area contributed by atoms with E-state index in [2.05, 4.69) is 5.16 Å². The summed E-state index contributed by atoms with van der Waals surface area (Å²) in [5, 5.41) is 11.8. The Morgan fingerprint density at radius 1 is 1.37 bits per heavy atom. The molecule has 3 N–H and O–H groups in total. The monoisotopic (exact) mass is 283 g/mol. The van der Waals surface area contributed by atoms with E-state index >= 15 is 0 Å². The highest BCUT2D eigenvalue weighted by atomic mass is 32.2. The van der Waals surface area contributed by atoms with Crippen LogP contribution in [-0.2, 0) is 9.84 Å². The van der Waals surface area contributed by atoms with Crippen molar-refractivity contribution in [3.63, 3.8) is 0 Å². The van der Waals surface area contributed by atoms with E-state index in [9.17, 15) is 8.42 Å². The molecule has 1 fully saturated rings. The first kappa shape index (κ1) is 13.7. The lowest BCUT2D eigenvalue weighted by Gasteiger charge is -2.30. The van der Waals surface area contributed by atoms with Gasteiger partial charge in [0.2, 0.25) is 0 Å². The fraction of sp³-hybridized carbons (Fsp3) is 0.417. The Balaban J connectivity index is 2.36. The highest BCUT2D eigenvalue weighted by Crippen LogP contribution is 2.24. The molecule has 1 aliphatic heterocycles. The molecule has 1 aliphatic rings. The zero-order chi connectivity index (χ0) is 14.0. The number of rotatable bonds is 2. The third-order valence-electron chi connectivity index (χ3n) is 3.22. The largest absolute Gasteiger partial charge is 0.409 e. The molecule has 0 spiro atoms. The quantitative estimate of drug-likeness (QED) is 0.353. The molecular weight excluding hydrogens is 266 g/mol. The van der Waals surface area contributed by atoms with Gasteiger partial charge in [-0.05, 0) is 24.6 Å². The number of oxime groups is 1. The number of nitrogens with two attached hydrogens (primary N) is 1. The van der Waals surface area contributed by atoms with Gasteiger partial charge >= 0.3 is 0 Å². The van der Waals surface area contributed by atoms with Crippen LogP contribution in [0.4, 0.5) is 5.69 Å². The van der Waals surface area contributed by atoms with Crippen LogP contribution in [0.3, 0.4) is 0 Å². The van der Waals surface area contributed by atoms with E-state index in [1.54, 1.807) is 6.07 Å². The first-order valence-corrected chi connectivity index (χ1v) is 7.79. The van der Waals surface area contributed by atoms with Crippen molar-refractivity contribution in [2.75, 3.05) is 29.5 Å². The molecule has 104 valence electrons. The van der Waals surface area contributed by atoms with E-state index in [1.165, 1.54) is 0 Å². The number of hydrogen-bond donors (Lipinski definition) is 2. The van der Waals surface area contributed by atoms with Crippen LogP contribution in [0.1, 0.15) is 11.1 Å². The SMILES string of the molecule is Cc1ccc(C(N)=NO)c(N2CCS(=O)(=O)CC2)c1. The van der Waals surface area contributed by atoms with E-state index in [-0.39, 0.29) is 17.3 Å². The second-order valence-electron chi connectivity index (χ2n) is 4.64. The predicted molar refractivity (Wildman–Crippen MR) is 74.6 cm³/mol. The zero-order valence-corrected chi connectivity index (χ0v) is 11.5. The van der Waals surface area contributed by atoms with Gasteiger partial charge < -0.3 is 15.8 Å². The molecule has 6 nitrogen and oxygen atoms in total. The van der Waals surface area contributed by atoms with E-state index in [4.69, 9.17) is 10.9 Å². The average molecular weight is 283 g/mol. The summed E-state index contributed by atoms with van der Waals surface area (Å²) in [4.78, 5) is 1.96. The molecule has 1 aromatic carbocycles. The number of aryl methyl sites for hydroxylation is 1. The summed E-state index contributed by atoms with van der Waals surface area (Å²) >= 11 is 0. The van der Waals surface area contributed by atoms with Gasteiger partial charge in [0.05, 0.1) is 11.5 Å². The summed E-state index contributed by atoms with van der Waals surface area (Å²) in [7, 11) is -2.92. The van der Waals surface area contributed by atoms with Gasteiger partial charge in [0, 0.05) is 24.3 Å². The third-order valence-corrected chi connectivity index (χ3v) is 4.83. The number of sulfone groups is 1. The minimum Gasteiger partial charge on any atom is -0.409 e. The Labute approximate surface area is 112 Å². The third kappa shape index (κ3) is 2.98. The van der Waals surface area contributed by atoms with Crippen LogP contribution in [0.2, 0.25) is 0 Å². The predicted octanol–water partition coefficient (Wildman–Crippen LogP) is 0.324. The lowest BCUT2D eigenvalue weighted by Crippen LogP contribution is -2.41. The fourth-order valence-electron chi connectivity index (χ4n) is 2.13. The maximum Gasteiger partial charge on any atom is 0.172 e. The average Bonchev–Trinajstić information content (AvgIpc) is 2.38. The second kappa shape index (κ2) is 5.08. The van der Waals surface area contributed by atoms with E-state index in [0.717, 1.165) is 11.3 Å². The highest BCUT2D eigenvalue weighted by Gasteiger charge is 2.24. The number of benzene rings is 1. The smallest absolute Gasteiger partial charge is 0.172 e. The first-order chi connectivity index (χ1) is 8.93. The van der Waals surface area contributed by atoms with Gasteiger partial charge in [0.15, 0.2) is 15.7 Å². The van der Waals surface area contributed by atoms with Gasteiger partial charge in [-0.2, -0.15) is 0 Å². The minimum atomic E-state index is -2.92. The van der Waals surface area contributed by atoms with Crippen LogP contribution in [-0.4, -0.2) is 44.1 Å². The maximum absolute atomic E-state index is 11.5. The van der Waals surface area contributed by atoms with Gasteiger partial charge in [0.1, 0.15) is 0 Å². The number of hydrogen-bond acceptors (Lipinski definition) is 5. The van der Waals surface area contributed by atoms with Crippen molar-refractivity contribution in [3.8, 4) is 0 Å². The summed E-state index contributed by atoms with van der Waals surface area (Å²) in [6.45, 7) is 2.80. The van der Waals surface area contributed by atoms with E-state index in [1.807, 2.05) is 24.0 Å². The molecule has 1 aromatic rings. The topological polar surface area (TPSA) is 96.0 Å². The van der Waals surface area contributed by atoms with Gasteiger partial charge in [-0.1, -0.05) is 11.2 Å². The number of amidine groups is 1. The molecule has 0 unspecified atom stereocenters. The highest BCUT2D eigenvalue weighted by molar-refractivity contribution is 7.91. The van der Waals surface area contributed by atoms with Crippen molar-refractivity contribution in [2.24, 2.45) is 10.9 Å². The van der Waals surface area contributed by atoms with Crippen LogP contribution >= 0.6 is 0 Å². The molecule has 0 aliphatic carbocycles. The molecule has 7 heteroatoms. The van der Waals surface area contributed by atoms with Crippen molar-refractivity contribution in [1.82, 2.24) is 0 Å². The molecule has 1 heterocycles. The molecule has 2 rings (SSSR count). The normalized spacial score (nSPS) is 19.4. The minimum absolute atomic E-state index is 0.0310. The molecule has 1 saturated heterocycles. The van der Waals surface area contributed by atoms with Crippen LogP contribution in [0, 0.1) is 6.92 Å². The zero-order valence-electron chi connectivity index (χ0n) is 10.7. The Kier molecular flexibility index (Phi) is 3.66. The summed E-state index contributed by atoms with van der Waals surface area (Å²) in [6, 6.07) is 5.58. The molecule has 0 atom stereocenters. The molecule has 0 saturated carbocycles. The molecule has 0 bridgehead atoms. The fourth-order valence-corrected chi connectivity index (χ4v) is 3.33. The van der Waals surface area contributed by atoms with Crippen LogP contribution in [0.25, 0.3) is 0 Å². The molecule has 0 radical (unpaired) electrons. The molecule has 0 aromatic heterocycles. The summed E-state index contributed by atoms with van der Waals surface area (Å²) in [5.41, 5.74) is 8.13. The Bertz CT molecular complexity index is 597. The van der Waals surface area contributed by atoms with Crippen molar-refractivity contribution in [3.05, 3.63) is 29.3 Å². The first-order valence-electron chi connectivity index (χ1n) is 5.97. The molecule has 0 amide bonds. The van der Waals surface area contributed by atoms with Crippen molar-refractivity contribution < 1.29 is 13.6 Å². The van der Waals surface area contributed by atoms with Gasteiger partial charge in [-0.25, -0.2) is 8.42 Å². The lowest BCUT2D eigenvalue weighted by molar-refractivity contribution is 0.318. The number of anilines is 1.